The molecule has 1 aliphatic heterocycles. The third-order valence-corrected chi connectivity index (χ3v) is 3.54. The van der Waals surface area contributed by atoms with E-state index in [1.807, 2.05) is 37.3 Å². The van der Waals surface area contributed by atoms with Crippen molar-refractivity contribution in [1.82, 2.24) is 0 Å². The van der Waals surface area contributed by atoms with Crippen LogP contribution in [0.4, 0.5) is 0 Å². The molecule has 0 unspecified atom stereocenters. The summed E-state index contributed by atoms with van der Waals surface area (Å²) in [6.07, 6.45) is 1.66. The van der Waals surface area contributed by atoms with Crippen LogP contribution in [0.5, 0.6) is 11.5 Å². The van der Waals surface area contributed by atoms with Gasteiger partial charge in [-0.25, -0.2) is 4.79 Å². The maximum absolute atomic E-state index is 11.6. The number of hydrogen-bond donors (Lipinski definition) is 1. The number of rotatable bonds is 3. The Morgan fingerprint density at radius 3 is 2.55 bits per heavy atom. The van der Waals surface area contributed by atoms with Crippen molar-refractivity contribution in [1.29, 1.82) is 0 Å². The molecule has 0 saturated carbocycles. The number of benzene rings is 2. The zero-order chi connectivity index (χ0) is 15.5. The molecule has 1 N–H and O–H groups in total. The van der Waals surface area contributed by atoms with Gasteiger partial charge in [0.15, 0.2) is 11.5 Å². The Labute approximate surface area is 128 Å². The molecule has 3 rings (SSSR count). The minimum atomic E-state index is -0.954. The molecule has 112 valence electrons. The SMILES string of the molecule is Cc1ccccc1/C(=C\c1ccc2c(c1)OCCO2)C(=O)O. The molecule has 0 spiro atoms. The van der Waals surface area contributed by atoms with Crippen LogP contribution in [0.25, 0.3) is 11.6 Å². The minimum Gasteiger partial charge on any atom is -0.486 e. The van der Waals surface area contributed by atoms with Crippen molar-refractivity contribution in [2.24, 2.45) is 0 Å². The molecule has 4 heteroatoms. The van der Waals surface area contributed by atoms with E-state index in [2.05, 4.69) is 0 Å². The highest BCUT2D eigenvalue weighted by atomic mass is 16.6. The normalized spacial score (nSPS) is 13.8. The van der Waals surface area contributed by atoms with E-state index in [0.717, 1.165) is 11.1 Å². The third kappa shape index (κ3) is 2.81. The number of aliphatic carboxylic acids is 1. The number of fused-ring (bicyclic) bond motifs is 1. The van der Waals surface area contributed by atoms with Crippen LogP contribution in [0.3, 0.4) is 0 Å². The lowest BCUT2D eigenvalue weighted by atomic mass is 9.98. The molecule has 1 aliphatic rings. The first-order chi connectivity index (χ1) is 10.6. The second-order valence-electron chi connectivity index (χ2n) is 5.08. The topological polar surface area (TPSA) is 55.8 Å². The molecule has 0 saturated heterocycles. The quantitative estimate of drug-likeness (QED) is 0.697. The first kappa shape index (κ1) is 14.2. The van der Waals surface area contributed by atoms with Crippen LogP contribution in [-0.2, 0) is 4.79 Å². The molecule has 2 aromatic rings. The van der Waals surface area contributed by atoms with Gasteiger partial charge < -0.3 is 14.6 Å². The summed E-state index contributed by atoms with van der Waals surface area (Å²) in [6.45, 7) is 2.94. The van der Waals surface area contributed by atoms with Gasteiger partial charge in [0.1, 0.15) is 13.2 Å². The van der Waals surface area contributed by atoms with Crippen LogP contribution in [-0.4, -0.2) is 24.3 Å². The number of aryl methyl sites for hydroxylation is 1. The summed E-state index contributed by atoms with van der Waals surface area (Å²) < 4.78 is 11.0. The fraction of sp³-hybridized carbons (Fsp3) is 0.167. The molecule has 0 amide bonds. The van der Waals surface area contributed by atoms with Gasteiger partial charge in [0.2, 0.25) is 0 Å². The monoisotopic (exact) mass is 296 g/mol. The van der Waals surface area contributed by atoms with Crippen molar-refractivity contribution in [3.63, 3.8) is 0 Å². The van der Waals surface area contributed by atoms with E-state index in [0.29, 0.717) is 30.3 Å². The highest BCUT2D eigenvalue weighted by Gasteiger charge is 2.15. The molecular formula is C18H16O4. The van der Waals surface area contributed by atoms with Crippen molar-refractivity contribution in [2.45, 2.75) is 6.92 Å². The maximum Gasteiger partial charge on any atom is 0.336 e. The van der Waals surface area contributed by atoms with Gasteiger partial charge in [0, 0.05) is 0 Å². The van der Waals surface area contributed by atoms with Crippen molar-refractivity contribution in [2.75, 3.05) is 13.2 Å². The smallest absolute Gasteiger partial charge is 0.336 e. The van der Waals surface area contributed by atoms with Gasteiger partial charge >= 0.3 is 5.97 Å². The molecule has 22 heavy (non-hydrogen) atoms. The summed E-state index contributed by atoms with van der Waals surface area (Å²) in [5.74, 6) is 0.384. The van der Waals surface area contributed by atoms with Gasteiger partial charge in [-0.1, -0.05) is 30.3 Å². The van der Waals surface area contributed by atoms with Crippen LogP contribution < -0.4 is 9.47 Å². The van der Waals surface area contributed by atoms with E-state index in [1.165, 1.54) is 0 Å². The number of carboxylic acid groups (broad SMARTS) is 1. The predicted octanol–water partition coefficient (Wildman–Crippen LogP) is 3.39. The number of carboxylic acids is 1. The molecule has 0 fully saturated rings. The molecule has 4 nitrogen and oxygen atoms in total. The van der Waals surface area contributed by atoms with E-state index in [1.54, 1.807) is 18.2 Å². The standard InChI is InChI=1S/C18H16O4/c1-12-4-2-3-5-14(12)15(18(19)20)10-13-6-7-16-17(11-13)22-9-8-21-16/h2-7,10-11H,8-9H2,1H3,(H,19,20)/b15-10+. The molecular weight excluding hydrogens is 280 g/mol. The average Bonchev–Trinajstić information content (AvgIpc) is 2.53. The molecule has 0 aliphatic carbocycles. The molecule has 0 aromatic heterocycles. The maximum atomic E-state index is 11.6. The van der Waals surface area contributed by atoms with E-state index in [4.69, 9.17) is 9.47 Å². The Balaban J connectivity index is 2.04. The summed E-state index contributed by atoms with van der Waals surface area (Å²) in [6, 6.07) is 12.9. The number of hydrogen-bond acceptors (Lipinski definition) is 3. The third-order valence-electron chi connectivity index (χ3n) is 3.54. The van der Waals surface area contributed by atoms with Gasteiger partial charge in [-0.2, -0.15) is 0 Å². The van der Waals surface area contributed by atoms with E-state index in [9.17, 15) is 9.90 Å². The number of ether oxygens (including phenoxy) is 2. The largest absolute Gasteiger partial charge is 0.486 e. The molecule has 0 atom stereocenters. The molecule has 0 radical (unpaired) electrons. The van der Waals surface area contributed by atoms with Crippen LogP contribution in [0.15, 0.2) is 42.5 Å². The Bertz CT molecular complexity index is 747. The van der Waals surface area contributed by atoms with Gasteiger partial charge in [-0.3, -0.25) is 0 Å². The van der Waals surface area contributed by atoms with E-state index >= 15 is 0 Å². The van der Waals surface area contributed by atoms with Gasteiger partial charge in [0.05, 0.1) is 5.57 Å². The lowest BCUT2D eigenvalue weighted by molar-refractivity contribution is -0.130. The zero-order valence-corrected chi connectivity index (χ0v) is 12.2. The van der Waals surface area contributed by atoms with Crippen LogP contribution in [0.1, 0.15) is 16.7 Å². The fourth-order valence-electron chi connectivity index (χ4n) is 2.45. The van der Waals surface area contributed by atoms with E-state index in [-0.39, 0.29) is 5.57 Å². The first-order valence-corrected chi connectivity index (χ1v) is 7.06. The lowest BCUT2D eigenvalue weighted by Crippen LogP contribution is -2.15. The lowest BCUT2D eigenvalue weighted by Gasteiger charge is -2.18. The average molecular weight is 296 g/mol. The second kappa shape index (κ2) is 5.93. The van der Waals surface area contributed by atoms with Crippen molar-refractivity contribution in [3.05, 3.63) is 59.2 Å². The Morgan fingerprint density at radius 1 is 1.09 bits per heavy atom. The minimum absolute atomic E-state index is 0.259. The molecule has 0 bridgehead atoms. The van der Waals surface area contributed by atoms with Gasteiger partial charge in [0.25, 0.3) is 0 Å². The molecule has 2 aromatic carbocycles. The highest BCUT2D eigenvalue weighted by molar-refractivity contribution is 6.21. The van der Waals surface area contributed by atoms with Crippen molar-refractivity contribution in [3.8, 4) is 11.5 Å². The summed E-state index contributed by atoms with van der Waals surface area (Å²) in [5.41, 5.74) is 2.67. The van der Waals surface area contributed by atoms with Crippen LogP contribution in [0.2, 0.25) is 0 Å². The van der Waals surface area contributed by atoms with Crippen molar-refractivity contribution >= 4 is 17.6 Å². The Morgan fingerprint density at radius 2 is 1.82 bits per heavy atom. The van der Waals surface area contributed by atoms with Gasteiger partial charge in [-0.05, 0) is 41.8 Å². The summed E-state index contributed by atoms with van der Waals surface area (Å²) >= 11 is 0. The summed E-state index contributed by atoms with van der Waals surface area (Å²) in [7, 11) is 0. The Kier molecular flexibility index (Phi) is 3.83. The fourth-order valence-corrected chi connectivity index (χ4v) is 2.45. The summed E-state index contributed by atoms with van der Waals surface area (Å²) in [5, 5.41) is 9.53. The Hall–Kier alpha value is -2.75. The highest BCUT2D eigenvalue weighted by Crippen LogP contribution is 2.32. The first-order valence-electron chi connectivity index (χ1n) is 7.06. The second-order valence-corrected chi connectivity index (χ2v) is 5.08. The number of carbonyl (C=O) groups is 1. The van der Waals surface area contributed by atoms with Crippen molar-refractivity contribution < 1.29 is 19.4 Å². The van der Waals surface area contributed by atoms with E-state index < -0.39 is 5.97 Å². The summed E-state index contributed by atoms with van der Waals surface area (Å²) in [4.78, 5) is 11.6. The molecule has 1 heterocycles. The predicted molar refractivity (Wildman–Crippen MR) is 84.1 cm³/mol. The van der Waals surface area contributed by atoms with Crippen LogP contribution >= 0.6 is 0 Å². The zero-order valence-electron chi connectivity index (χ0n) is 12.2. The van der Waals surface area contributed by atoms with Gasteiger partial charge in [-0.15, -0.1) is 0 Å². The van der Waals surface area contributed by atoms with Crippen LogP contribution in [0, 0.1) is 6.92 Å².